The zero-order chi connectivity index (χ0) is 42.4. The number of aryl methyl sites for hydroxylation is 1. The number of fused-ring (bicyclic) bond motifs is 3. The van der Waals surface area contributed by atoms with Crippen molar-refractivity contribution in [2.45, 2.75) is 13.1 Å². The van der Waals surface area contributed by atoms with E-state index in [9.17, 15) is 18.4 Å². The number of alkyl halides is 3. The molecule has 0 saturated heterocycles. The topological polar surface area (TPSA) is 67.4 Å². The van der Waals surface area contributed by atoms with Crippen molar-refractivity contribution >= 4 is 21.8 Å². The first-order valence-corrected chi connectivity index (χ1v) is 20.1. The van der Waals surface area contributed by atoms with E-state index in [4.69, 9.17) is 15.0 Å². The van der Waals surface area contributed by atoms with Crippen LogP contribution >= 0.6 is 0 Å². The van der Waals surface area contributed by atoms with Gasteiger partial charge in [-0.3, -0.25) is 0 Å². The van der Waals surface area contributed by atoms with Gasteiger partial charge in [0.2, 0.25) is 0 Å². The molecule has 0 unspecified atom stereocenters. The van der Waals surface area contributed by atoms with E-state index >= 15 is 0 Å². The standard InChI is InChI=1S/C54H34F3N5/c1-34-20-22-35(23-21-34)45-31-41(53-60-51(37-12-4-2-5-13-37)59-52(61-53)38-14-6-3-7-15-38)32-46(36-24-27-42(28-25-36)54(55,56)57)50(45)62-48-19-11-10-18-44(48)47-30-39(26-29-49(47)62)43-17-9-8-16-40(43)33-58/h2-32H,1H3. The van der Waals surface area contributed by atoms with Crippen LogP contribution in [0.1, 0.15) is 16.7 Å². The first kappa shape index (κ1) is 38.1. The highest BCUT2D eigenvalue weighted by molar-refractivity contribution is 6.12. The van der Waals surface area contributed by atoms with E-state index in [0.29, 0.717) is 39.7 Å². The third-order valence-corrected chi connectivity index (χ3v) is 11.2. The minimum Gasteiger partial charge on any atom is -0.308 e. The molecule has 10 rings (SSSR count). The van der Waals surface area contributed by atoms with E-state index < -0.39 is 11.7 Å². The molecule has 10 aromatic rings. The first-order valence-electron chi connectivity index (χ1n) is 20.1. The maximum atomic E-state index is 14.1. The predicted molar refractivity (Wildman–Crippen MR) is 241 cm³/mol. The minimum absolute atomic E-state index is 0.411. The lowest BCUT2D eigenvalue weighted by Crippen LogP contribution is -2.05. The fourth-order valence-corrected chi connectivity index (χ4v) is 8.17. The Balaban J connectivity index is 1.31. The van der Waals surface area contributed by atoms with Gasteiger partial charge in [0.1, 0.15) is 0 Å². The molecule has 8 aromatic carbocycles. The molecule has 0 fully saturated rings. The number of aromatic nitrogens is 4. The van der Waals surface area contributed by atoms with Crippen molar-refractivity contribution < 1.29 is 13.2 Å². The predicted octanol–water partition coefficient (Wildman–Crippen LogP) is 14.2. The Morgan fingerprint density at radius 3 is 1.55 bits per heavy atom. The molecule has 0 amide bonds. The maximum Gasteiger partial charge on any atom is 0.416 e. The summed E-state index contributed by atoms with van der Waals surface area (Å²) in [5.74, 6) is 1.39. The van der Waals surface area contributed by atoms with Crippen LogP contribution in [0.3, 0.4) is 0 Å². The number of rotatable bonds is 7. The second kappa shape index (κ2) is 15.5. The summed E-state index contributed by atoms with van der Waals surface area (Å²) < 4.78 is 44.5. The van der Waals surface area contributed by atoms with Crippen LogP contribution in [-0.4, -0.2) is 19.5 Å². The molecule has 0 radical (unpaired) electrons. The molecule has 296 valence electrons. The summed E-state index contributed by atoms with van der Waals surface area (Å²) in [5.41, 5.74) is 10.5. The highest BCUT2D eigenvalue weighted by Crippen LogP contribution is 2.45. The van der Waals surface area contributed by atoms with Crippen LogP contribution in [0.25, 0.3) is 95.0 Å². The summed E-state index contributed by atoms with van der Waals surface area (Å²) in [6, 6.07) is 61.3. The normalized spacial score (nSPS) is 11.5. The zero-order valence-corrected chi connectivity index (χ0v) is 33.3. The van der Waals surface area contributed by atoms with Gasteiger partial charge < -0.3 is 4.57 Å². The van der Waals surface area contributed by atoms with Gasteiger partial charge in [-0.05, 0) is 77.7 Å². The smallest absolute Gasteiger partial charge is 0.308 e. The molecule has 0 saturated carbocycles. The van der Waals surface area contributed by atoms with Crippen LogP contribution in [0.2, 0.25) is 0 Å². The van der Waals surface area contributed by atoms with Crippen LogP contribution in [-0.2, 0) is 6.18 Å². The molecule has 0 aliphatic rings. The van der Waals surface area contributed by atoms with Crippen LogP contribution < -0.4 is 0 Å². The van der Waals surface area contributed by atoms with Crippen LogP contribution in [0.5, 0.6) is 0 Å². The van der Waals surface area contributed by atoms with Gasteiger partial charge in [-0.1, -0.05) is 145 Å². The van der Waals surface area contributed by atoms with Crippen molar-refractivity contribution in [3.05, 3.63) is 205 Å². The minimum atomic E-state index is -4.52. The second-order valence-electron chi connectivity index (χ2n) is 15.1. The van der Waals surface area contributed by atoms with E-state index in [1.165, 1.54) is 12.1 Å². The van der Waals surface area contributed by atoms with E-state index in [0.717, 1.165) is 78.6 Å². The second-order valence-corrected chi connectivity index (χ2v) is 15.1. The van der Waals surface area contributed by atoms with E-state index in [-0.39, 0.29) is 0 Å². The fraction of sp³-hybridized carbons (Fsp3) is 0.0370. The van der Waals surface area contributed by atoms with E-state index in [1.807, 2.05) is 116 Å². The molecular weight excluding hydrogens is 776 g/mol. The maximum absolute atomic E-state index is 14.1. The molecule has 2 heterocycles. The molecule has 62 heavy (non-hydrogen) atoms. The molecule has 0 bridgehead atoms. The third-order valence-electron chi connectivity index (χ3n) is 11.2. The number of para-hydroxylation sites is 1. The monoisotopic (exact) mass is 809 g/mol. The van der Waals surface area contributed by atoms with Crippen LogP contribution in [0.15, 0.2) is 188 Å². The van der Waals surface area contributed by atoms with Crippen molar-refractivity contribution in [2.75, 3.05) is 0 Å². The average Bonchev–Trinajstić information content (AvgIpc) is 3.64. The summed E-state index contributed by atoms with van der Waals surface area (Å²) in [6.07, 6.45) is -4.52. The molecule has 5 nitrogen and oxygen atoms in total. The average molecular weight is 810 g/mol. The highest BCUT2D eigenvalue weighted by Gasteiger charge is 2.31. The summed E-state index contributed by atoms with van der Waals surface area (Å²) in [5, 5.41) is 11.9. The van der Waals surface area contributed by atoms with Crippen molar-refractivity contribution in [1.82, 2.24) is 19.5 Å². The largest absolute Gasteiger partial charge is 0.416 e. The first-order chi connectivity index (χ1) is 30.2. The Morgan fingerprint density at radius 1 is 0.452 bits per heavy atom. The van der Waals surface area contributed by atoms with Crippen molar-refractivity contribution in [1.29, 1.82) is 5.26 Å². The van der Waals surface area contributed by atoms with Gasteiger partial charge in [0.25, 0.3) is 0 Å². The van der Waals surface area contributed by atoms with Gasteiger partial charge in [-0.15, -0.1) is 0 Å². The number of halogens is 3. The number of nitrogens with zero attached hydrogens (tertiary/aromatic N) is 5. The quantitative estimate of drug-likeness (QED) is 0.161. The van der Waals surface area contributed by atoms with Crippen LogP contribution in [0.4, 0.5) is 13.2 Å². The summed E-state index contributed by atoms with van der Waals surface area (Å²) >= 11 is 0. The van der Waals surface area contributed by atoms with Gasteiger partial charge in [-0.25, -0.2) is 15.0 Å². The molecule has 0 spiro atoms. The third kappa shape index (κ3) is 6.95. The molecule has 0 atom stereocenters. The van der Waals surface area contributed by atoms with Gasteiger partial charge in [-0.2, -0.15) is 18.4 Å². The Hall–Kier alpha value is -8.15. The van der Waals surface area contributed by atoms with Crippen molar-refractivity contribution in [2.24, 2.45) is 0 Å². The van der Waals surface area contributed by atoms with Crippen molar-refractivity contribution in [3.8, 4) is 79.3 Å². The lowest BCUT2D eigenvalue weighted by Gasteiger charge is -2.21. The summed E-state index contributed by atoms with van der Waals surface area (Å²) in [6.45, 7) is 2.03. The molecule has 2 aromatic heterocycles. The van der Waals surface area contributed by atoms with Crippen molar-refractivity contribution in [3.63, 3.8) is 0 Å². The lowest BCUT2D eigenvalue weighted by molar-refractivity contribution is -0.137. The van der Waals surface area contributed by atoms with E-state index in [1.54, 1.807) is 0 Å². The Kier molecular flexibility index (Phi) is 9.50. The summed E-state index contributed by atoms with van der Waals surface area (Å²) in [7, 11) is 0. The number of hydrogen-bond acceptors (Lipinski definition) is 4. The zero-order valence-electron chi connectivity index (χ0n) is 33.3. The SMILES string of the molecule is Cc1ccc(-c2cc(-c3nc(-c4ccccc4)nc(-c4ccccc4)n3)cc(-c3ccc(C(F)(F)F)cc3)c2-n2c3ccccc3c3cc(-c4ccccc4C#N)ccc32)cc1. The number of nitriles is 1. The molecular formula is C54H34F3N5. The number of hydrogen-bond donors (Lipinski definition) is 0. The van der Waals surface area contributed by atoms with E-state index in [2.05, 4.69) is 65.2 Å². The van der Waals surface area contributed by atoms with Gasteiger partial charge in [0, 0.05) is 38.6 Å². The molecule has 0 aliphatic carbocycles. The highest BCUT2D eigenvalue weighted by atomic mass is 19.4. The van der Waals surface area contributed by atoms with Crippen LogP contribution in [0, 0.1) is 18.3 Å². The molecule has 0 N–H and O–H groups in total. The lowest BCUT2D eigenvalue weighted by atomic mass is 9.91. The Labute approximate surface area is 355 Å². The molecule has 8 heteroatoms. The Morgan fingerprint density at radius 2 is 0.952 bits per heavy atom. The summed E-state index contributed by atoms with van der Waals surface area (Å²) in [4.78, 5) is 15.1. The van der Waals surface area contributed by atoms with Gasteiger partial charge >= 0.3 is 6.18 Å². The number of benzene rings is 8. The molecule has 0 aliphatic heterocycles. The van der Waals surface area contributed by atoms with Gasteiger partial charge in [0.05, 0.1) is 33.9 Å². The van der Waals surface area contributed by atoms with Gasteiger partial charge in [0.15, 0.2) is 17.5 Å². The fourth-order valence-electron chi connectivity index (χ4n) is 8.17. The Bertz CT molecular complexity index is 3270.